The molecule has 0 N–H and O–H groups in total. The molecule has 2 aromatic heterocycles. The SMILES string of the molecule is Cc1nc(Sc2ncc(Cl)cc2Br)oc1C. The second kappa shape index (κ2) is 4.77. The zero-order valence-electron chi connectivity index (χ0n) is 8.62. The number of aryl methyl sites for hydroxylation is 2. The molecule has 2 aromatic rings. The van der Waals surface area contributed by atoms with Gasteiger partial charge in [-0.15, -0.1) is 0 Å². The molecule has 0 saturated carbocycles. The lowest BCUT2D eigenvalue weighted by molar-refractivity contribution is 0.431. The third-order valence-electron chi connectivity index (χ3n) is 1.97. The minimum atomic E-state index is 0.588. The predicted octanol–water partition coefficient (Wildman–Crippen LogP) is 4.25. The van der Waals surface area contributed by atoms with E-state index in [-0.39, 0.29) is 0 Å². The van der Waals surface area contributed by atoms with Crippen molar-refractivity contribution in [2.24, 2.45) is 0 Å². The summed E-state index contributed by atoms with van der Waals surface area (Å²) < 4.78 is 6.29. The number of halogens is 2. The molecule has 0 bridgehead atoms. The molecular formula is C10H8BrClN2OS. The van der Waals surface area contributed by atoms with Crippen molar-refractivity contribution in [2.75, 3.05) is 0 Å². The van der Waals surface area contributed by atoms with Gasteiger partial charge in [-0.3, -0.25) is 0 Å². The summed E-state index contributed by atoms with van der Waals surface area (Å²) in [5.41, 5.74) is 0.896. The van der Waals surface area contributed by atoms with Crippen molar-refractivity contribution in [3.63, 3.8) is 0 Å². The lowest BCUT2D eigenvalue weighted by Crippen LogP contribution is -1.82. The van der Waals surface area contributed by atoms with Crippen LogP contribution in [0.4, 0.5) is 0 Å². The highest BCUT2D eigenvalue weighted by molar-refractivity contribution is 9.10. The highest BCUT2D eigenvalue weighted by Gasteiger charge is 2.11. The lowest BCUT2D eigenvalue weighted by Gasteiger charge is -1.99. The predicted molar refractivity (Wildman–Crippen MR) is 67.0 cm³/mol. The summed E-state index contributed by atoms with van der Waals surface area (Å²) >= 11 is 10.6. The van der Waals surface area contributed by atoms with Gasteiger partial charge in [0.25, 0.3) is 5.22 Å². The van der Waals surface area contributed by atoms with E-state index in [9.17, 15) is 0 Å². The maximum absolute atomic E-state index is 5.81. The van der Waals surface area contributed by atoms with E-state index in [2.05, 4.69) is 25.9 Å². The van der Waals surface area contributed by atoms with Crippen LogP contribution in [0.15, 0.2) is 31.4 Å². The molecule has 0 aromatic carbocycles. The first-order chi connectivity index (χ1) is 7.56. The number of hydrogen-bond donors (Lipinski definition) is 0. The van der Waals surface area contributed by atoms with E-state index >= 15 is 0 Å². The van der Waals surface area contributed by atoms with Crippen LogP contribution in [-0.2, 0) is 0 Å². The smallest absolute Gasteiger partial charge is 0.262 e. The maximum Gasteiger partial charge on any atom is 0.262 e. The molecular weight excluding hydrogens is 312 g/mol. The highest BCUT2D eigenvalue weighted by atomic mass is 79.9. The van der Waals surface area contributed by atoms with Crippen molar-refractivity contribution in [3.8, 4) is 0 Å². The molecule has 0 radical (unpaired) electrons. The molecule has 0 unspecified atom stereocenters. The van der Waals surface area contributed by atoms with Crippen molar-refractivity contribution in [1.29, 1.82) is 0 Å². The average molecular weight is 320 g/mol. The van der Waals surface area contributed by atoms with Crippen molar-refractivity contribution in [1.82, 2.24) is 9.97 Å². The highest BCUT2D eigenvalue weighted by Crippen LogP contribution is 2.33. The molecule has 0 aliphatic rings. The molecule has 0 amide bonds. The topological polar surface area (TPSA) is 38.9 Å². The van der Waals surface area contributed by atoms with Crippen LogP contribution in [0.2, 0.25) is 5.02 Å². The molecule has 0 aliphatic heterocycles. The Morgan fingerprint density at radius 3 is 2.75 bits per heavy atom. The zero-order valence-corrected chi connectivity index (χ0v) is 11.8. The Hall–Kier alpha value is -0.520. The van der Waals surface area contributed by atoms with Gasteiger partial charge in [-0.25, -0.2) is 9.97 Å². The first-order valence-corrected chi connectivity index (χ1v) is 6.48. The Morgan fingerprint density at radius 1 is 1.44 bits per heavy atom. The van der Waals surface area contributed by atoms with Crippen LogP contribution in [0.1, 0.15) is 11.5 Å². The first-order valence-electron chi connectivity index (χ1n) is 4.49. The van der Waals surface area contributed by atoms with E-state index in [0.29, 0.717) is 10.2 Å². The van der Waals surface area contributed by atoms with Gasteiger partial charge in [-0.1, -0.05) is 11.6 Å². The Labute approximate surface area is 111 Å². The zero-order chi connectivity index (χ0) is 11.7. The minimum absolute atomic E-state index is 0.588. The molecule has 2 heterocycles. The van der Waals surface area contributed by atoms with Gasteiger partial charge in [0.1, 0.15) is 10.8 Å². The number of oxazole rings is 1. The Balaban J connectivity index is 2.27. The molecule has 0 fully saturated rings. The minimum Gasteiger partial charge on any atom is -0.436 e. The van der Waals surface area contributed by atoms with E-state index in [1.165, 1.54) is 11.8 Å². The molecule has 0 spiro atoms. The van der Waals surface area contributed by atoms with Crippen LogP contribution < -0.4 is 0 Å². The summed E-state index contributed by atoms with van der Waals surface area (Å²) in [6.07, 6.45) is 1.59. The summed E-state index contributed by atoms with van der Waals surface area (Å²) in [7, 11) is 0. The van der Waals surface area contributed by atoms with Gasteiger partial charge in [-0.2, -0.15) is 0 Å². The summed E-state index contributed by atoms with van der Waals surface area (Å²) in [6, 6.07) is 1.79. The van der Waals surface area contributed by atoms with Crippen molar-refractivity contribution in [2.45, 2.75) is 24.1 Å². The average Bonchev–Trinajstić information content (AvgIpc) is 2.51. The Kier molecular flexibility index (Phi) is 3.56. The molecule has 0 aliphatic carbocycles. The van der Waals surface area contributed by atoms with Crippen LogP contribution in [0.25, 0.3) is 0 Å². The van der Waals surface area contributed by atoms with Gasteiger partial charge in [0.2, 0.25) is 0 Å². The monoisotopic (exact) mass is 318 g/mol. The number of aromatic nitrogens is 2. The first kappa shape index (κ1) is 12.0. The summed E-state index contributed by atoms with van der Waals surface area (Å²) in [4.78, 5) is 8.47. The van der Waals surface area contributed by atoms with Crippen molar-refractivity contribution >= 4 is 39.3 Å². The van der Waals surface area contributed by atoms with Crippen LogP contribution in [0.3, 0.4) is 0 Å². The quantitative estimate of drug-likeness (QED) is 0.829. The van der Waals surface area contributed by atoms with E-state index in [1.807, 2.05) is 13.8 Å². The van der Waals surface area contributed by atoms with Gasteiger partial charge >= 0.3 is 0 Å². The standard InChI is InChI=1S/C10H8BrClN2OS/c1-5-6(2)15-10(14-5)16-9-8(11)3-7(12)4-13-9/h3-4H,1-2H3. The normalized spacial score (nSPS) is 10.8. The molecule has 0 atom stereocenters. The lowest BCUT2D eigenvalue weighted by atomic mass is 10.4. The fourth-order valence-electron chi connectivity index (χ4n) is 1.05. The second-order valence-electron chi connectivity index (χ2n) is 3.16. The summed E-state index contributed by atoms with van der Waals surface area (Å²) in [5.74, 6) is 0.826. The summed E-state index contributed by atoms with van der Waals surface area (Å²) in [5, 5.41) is 1.96. The molecule has 84 valence electrons. The second-order valence-corrected chi connectivity index (χ2v) is 5.39. The van der Waals surface area contributed by atoms with Gasteiger partial charge in [0.15, 0.2) is 0 Å². The van der Waals surface area contributed by atoms with Gasteiger partial charge < -0.3 is 4.42 Å². The summed E-state index contributed by atoms with van der Waals surface area (Å²) in [6.45, 7) is 3.80. The van der Waals surface area contributed by atoms with Crippen LogP contribution >= 0.6 is 39.3 Å². The van der Waals surface area contributed by atoms with Gasteiger partial charge in [-0.05, 0) is 47.6 Å². The van der Waals surface area contributed by atoms with Crippen molar-refractivity contribution in [3.05, 3.63) is 33.2 Å². The van der Waals surface area contributed by atoms with E-state index in [4.69, 9.17) is 16.0 Å². The third-order valence-corrected chi connectivity index (χ3v) is 3.91. The van der Waals surface area contributed by atoms with Crippen LogP contribution in [0, 0.1) is 13.8 Å². The maximum atomic E-state index is 5.81. The largest absolute Gasteiger partial charge is 0.436 e. The van der Waals surface area contributed by atoms with Gasteiger partial charge in [0, 0.05) is 6.20 Å². The Morgan fingerprint density at radius 2 is 2.19 bits per heavy atom. The van der Waals surface area contributed by atoms with Gasteiger partial charge in [0.05, 0.1) is 15.2 Å². The number of rotatable bonds is 2. The third kappa shape index (κ3) is 2.59. The Bertz CT molecular complexity index is 510. The molecule has 2 rings (SSSR count). The van der Waals surface area contributed by atoms with E-state index < -0.39 is 0 Å². The van der Waals surface area contributed by atoms with Crippen molar-refractivity contribution < 1.29 is 4.42 Å². The number of hydrogen-bond acceptors (Lipinski definition) is 4. The molecule has 0 saturated heterocycles. The van der Waals surface area contributed by atoms with Crippen LogP contribution in [0.5, 0.6) is 0 Å². The molecule has 16 heavy (non-hydrogen) atoms. The molecule has 6 heteroatoms. The van der Waals surface area contributed by atoms with E-state index in [1.54, 1.807) is 12.3 Å². The number of pyridine rings is 1. The number of nitrogens with zero attached hydrogens (tertiary/aromatic N) is 2. The van der Waals surface area contributed by atoms with E-state index in [0.717, 1.165) is 21.0 Å². The fourth-order valence-corrected chi connectivity index (χ4v) is 2.70. The van der Waals surface area contributed by atoms with Crippen LogP contribution in [-0.4, -0.2) is 9.97 Å². The molecule has 3 nitrogen and oxygen atoms in total. The fraction of sp³-hybridized carbons (Fsp3) is 0.200.